The summed E-state index contributed by atoms with van der Waals surface area (Å²) >= 11 is 0. The summed E-state index contributed by atoms with van der Waals surface area (Å²) in [7, 11) is 0. The molecule has 0 amide bonds. The van der Waals surface area contributed by atoms with Gasteiger partial charge in [-0.1, -0.05) is 50.3 Å². The van der Waals surface area contributed by atoms with Crippen LogP contribution in [0.2, 0.25) is 0 Å². The molecule has 0 heterocycles. The summed E-state index contributed by atoms with van der Waals surface area (Å²) in [6.07, 6.45) is 1.87. The molecule has 0 fully saturated rings. The van der Waals surface area contributed by atoms with Crippen LogP contribution < -0.4 is 0 Å². The lowest BCUT2D eigenvalue weighted by atomic mass is 10.0. The van der Waals surface area contributed by atoms with Gasteiger partial charge >= 0.3 is 11.9 Å². The van der Waals surface area contributed by atoms with Crippen molar-refractivity contribution < 1.29 is 19.4 Å². The average molecular weight is 276 g/mol. The maximum Gasteiger partial charge on any atom is 0.331 e. The number of benzene rings is 1. The van der Waals surface area contributed by atoms with E-state index in [2.05, 4.69) is 0 Å². The summed E-state index contributed by atoms with van der Waals surface area (Å²) < 4.78 is 5.09. The fraction of sp³-hybridized carbons (Fsp3) is 0.375. The minimum Gasteiger partial charge on any atom is -0.478 e. The van der Waals surface area contributed by atoms with Gasteiger partial charge in [0, 0.05) is 5.57 Å². The van der Waals surface area contributed by atoms with Crippen LogP contribution in [0.4, 0.5) is 0 Å². The van der Waals surface area contributed by atoms with E-state index in [1.165, 1.54) is 6.08 Å². The molecule has 1 aromatic carbocycles. The van der Waals surface area contributed by atoms with Gasteiger partial charge < -0.3 is 9.84 Å². The minimum absolute atomic E-state index is 0.0127. The molecule has 1 aromatic rings. The van der Waals surface area contributed by atoms with E-state index in [0.717, 1.165) is 5.56 Å². The van der Waals surface area contributed by atoms with Crippen LogP contribution in [0.1, 0.15) is 32.3 Å². The zero-order valence-electron chi connectivity index (χ0n) is 11.8. The Morgan fingerprint density at radius 3 is 2.45 bits per heavy atom. The molecular formula is C16H20O4. The molecular weight excluding hydrogens is 256 g/mol. The Morgan fingerprint density at radius 2 is 1.90 bits per heavy atom. The Labute approximate surface area is 119 Å². The van der Waals surface area contributed by atoms with Gasteiger partial charge in [0.05, 0.1) is 6.42 Å². The van der Waals surface area contributed by atoms with Crippen molar-refractivity contribution in [2.24, 2.45) is 5.92 Å². The molecule has 20 heavy (non-hydrogen) atoms. The first-order valence-corrected chi connectivity index (χ1v) is 6.61. The molecule has 0 radical (unpaired) electrons. The standard InChI is InChI=1S/C16H20O4/c1-12(2)10-14(16(18)19)8-9-15(17)20-11-13-6-4-3-5-7-13/h3-8,12H,9-11H2,1-2H3,(H,18,19)/b14-8-. The molecule has 4 nitrogen and oxygen atoms in total. The van der Waals surface area contributed by atoms with E-state index in [0.29, 0.717) is 6.42 Å². The highest BCUT2D eigenvalue weighted by Crippen LogP contribution is 2.12. The van der Waals surface area contributed by atoms with Crippen molar-refractivity contribution in [3.05, 3.63) is 47.5 Å². The summed E-state index contributed by atoms with van der Waals surface area (Å²) in [5.74, 6) is -1.16. The van der Waals surface area contributed by atoms with Gasteiger partial charge in [-0.2, -0.15) is 0 Å². The lowest BCUT2D eigenvalue weighted by molar-refractivity contribution is -0.143. The van der Waals surface area contributed by atoms with E-state index in [1.807, 2.05) is 44.2 Å². The number of hydrogen-bond acceptors (Lipinski definition) is 3. The van der Waals surface area contributed by atoms with Crippen molar-refractivity contribution in [1.29, 1.82) is 0 Å². The van der Waals surface area contributed by atoms with Gasteiger partial charge in [0.25, 0.3) is 0 Å². The Morgan fingerprint density at radius 1 is 1.25 bits per heavy atom. The first-order valence-electron chi connectivity index (χ1n) is 6.61. The van der Waals surface area contributed by atoms with E-state index in [4.69, 9.17) is 9.84 Å². The summed E-state index contributed by atoms with van der Waals surface area (Å²) in [5.41, 5.74) is 1.17. The first kappa shape index (κ1) is 16.0. The Hall–Kier alpha value is -2.10. The fourth-order valence-corrected chi connectivity index (χ4v) is 1.70. The van der Waals surface area contributed by atoms with Gasteiger partial charge in [-0.3, -0.25) is 4.79 Å². The van der Waals surface area contributed by atoms with Crippen molar-refractivity contribution in [2.45, 2.75) is 33.3 Å². The summed E-state index contributed by atoms with van der Waals surface area (Å²) in [5, 5.41) is 9.02. The number of esters is 1. The quantitative estimate of drug-likeness (QED) is 0.613. The highest BCUT2D eigenvalue weighted by molar-refractivity contribution is 5.87. The summed E-state index contributed by atoms with van der Waals surface area (Å²) in [6, 6.07) is 9.36. The number of hydrogen-bond donors (Lipinski definition) is 1. The van der Waals surface area contributed by atoms with Crippen molar-refractivity contribution in [2.75, 3.05) is 0 Å². The van der Waals surface area contributed by atoms with Crippen molar-refractivity contribution in [3.63, 3.8) is 0 Å². The second kappa shape index (κ2) is 8.15. The molecule has 1 N–H and O–H groups in total. The molecule has 0 unspecified atom stereocenters. The monoisotopic (exact) mass is 276 g/mol. The normalized spacial score (nSPS) is 11.4. The molecule has 0 aliphatic carbocycles. The highest BCUT2D eigenvalue weighted by atomic mass is 16.5. The van der Waals surface area contributed by atoms with E-state index in [1.54, 1.807) is 0 Å². The second-order valence-corrected chi connectivity index (χ2v) is 4.98. The van der Waals surface area contributed by atoms with Crippen molar-refractivity contribution in [1.82, 2.24) is 0 Å². The number of carbonyl (C=O) groups is 2. The van der Waals surface area contributed by atoms with Gasteiger partial charge in [0.2, 0.25) is 0 Å². The molecule has 0 aromatic heterocycles. The number of aliphatic carboxylic acids is 1. The number of ether oxygens (including phenoxy) is 1. The van der Waals surface area contributed by atoms with Gasteiger partial charge in [0.1, 0.15) is 6.61 Å². The third kappa shape index (κ3) is 6.18. The molecule has 0 aliphatic heterocycles. The molecule has 0 atom stereocenters. The lowest BCUT2D eigenvalue weighted by Crippen LogP contribution is -2.07. The van der Waals surface area contributed by atoms with Gasteiger partial charge in [0.15, 0.2) is 0 Å². The lowest BCUT2D eigenvalue weighted by Gasteiger charge is -2.06. The summed E-state index contributed by atoms with van der Waals surface area (Å²) in [4.78, 5) is 22.6. The van der Waals surface area contributed by atoms with Crippen molar-refractivity contribution in [3.8, 4) is 0 Å². The zero-order valence-corrected chi connectivity index (χ0v) is 11.8. The van der Waals surface area contributed by atoms with Crippen LogP contribution in [-0.2, 0) is 20.9 Å². The van der Waals surface area contributed by atoms with Crippen LogP contribution in [0.15, 0.2) is 42.0 Å². The van der Waals surface area contributed by atoms with Crippen LogP contribution in [0.5, 0.6) is 0 Å². The zero-order chi connectivity index (χ0) is 15.0. The van der Waals surface area contributed by atoms with Crippen LogP contribution in [0.3, 0.4) is 0 Å². The van der Waals surface area contributed by atoms with Crippen LogP contribution >= 0.6 is 0 Å². The van der Waals surface area contributed by atoms with E-state index in [9.17, 15) is 9.59 Å². The maximum atomic E-state index is 11.6. The predicted molar refractivity (Wildman–Crippen MR) is 76.0 cm³/mol. The molecule has 0 saturated heterocycles. The van der Waals surface area contributed by atoms with Gasteiger partial charge in [-0.05, 0) is 17.9 Å². The number of carboxylic acid groups (broad SMARTS) is 1. The SMILES string of the molecule is CC(C)C/C(=C/CC(=O)OCc1ccccc1)C(=O)O. The minimum atomic E-state index is -0.977. The van der Waals surface area contributed by atoms with Gasteiger partial charge in [-0.25, -0.2) is 4.79 Å². The van der Waals surface area contributed by atoms with Gasteiger partial charge in [-0.15, -0.1) is 0 Å². The topological polar surface area (TPSA) is 63.6 Å². The molecule has 0 saturated carbocycles. The van der Waals surface area contributed by atoms with Crippen molar-refractivity contribution >= 4 is 11.9 Å². The molecule has 0 bridgehead atoms. The van der Waals surface area contributed by atoms with E-state index in [-0.39, 0.29) is 24.5 Å². The maximum absolute atomic E-state index is 11.6. The fourth-order valence-electron chi connectivity index (χ4n) is 1.70. The largest absolute Gasteiger partial charge is 0.478 e. The average Bonchev–Trinajstić information content (AvgIpc) is 2.41. The Balaban J connectivity index is 2.46. The molecule has 0 spiro atoms. The number of carboxylic acids is 1. The highest BCUT2D eigenvalue weighted by Gasteiger charge is 2.10. The van der Waals surface area contributed by atoms with E-state index < -0.39 is 11.9 Å². The predicted octanol–water partition coefficient (Wildman–Crippen LogP) is 3.18. The summed E-state index contributed by atoms with van der Waals surface area (Å²) in [6.45, 7) is 4.08. The number of carbonyl (C=O) groups excluding carboxylic acids is 1. The van der Waals surface area contributed by atoms with E-state index >= 15 is 0 Å². The van der Waals surface area contributed by atoms with Crippen LogP contribution in [-0.4, -0.2) is 17.0 Å². The Kier molecular flexibility index (Phi) is 6.50. The molecule has 0 aliphatic rings. The smallest absolute Gasteiger partial charge is 0.331 e. The van der Waals surface area contributed by atoms with Crippen LogP contribution in [0.25, 0.3) is 0 Å². The molecule has 1 rings (SSSR count). The third-order valence-electron chi connectivity index (χ3n) is 2.66. The second-order valence-electron chi connectivity index (χ2n) is 4.98. The molecule has 4 heteroatoms. The number of rotatable bonds is 7. The Bertz CT molecular complexity index is 475. The first-order chi connectivity index (χ1) is 9.49. The third-order valence-corrected chi connectivity index (χ3v) is 2.66. The molecule has 108 valence electrons. The van der Waals surface area contributed by atoms with Crippen LogP contribution in [0, 0.1) is 5.92 Å².